The van der Waals surface area contributed by atoms with Crippen LogP contribution in [-0.4, -0.2) is 51.2 Å². The Hall–Kier alpha value is -2.32. The van der Waals surface area contributed by atoms with E-state index < -0.39 is 0 Å². The lowest BCUT2D eigenvalue weighted by atomic mass is 10.1. The molecule has 1 unspecified atom stereocenters. The van der Waals surface area contributed by atoms with E-state index in [1.165, 1.54) is 16.9 Å². The minimum absolute atomic E-state index is 0.0105. The summed E-state index contributed by atoms with van der Waals surface area (Å²) in [4.78, 5) is 15.5. The highest BCUT2D eigenvalue weighted by Gasteiger charge is 2.32. The summed E-state index contributed by atoms with van der Waals surface area (Å²) < 4.78 is 6.64. The normalized spacial score (nSPS) is 18.5. The molecular formula is C15H15N5O2S. The molecule has 8 heteroatoms. The van der Waals surface area contributed by atoms with Gasteiger partial charge in [0.2, 0.25) is 0 Å². The van der Waals surface area contributed by atoms with Crippen molar-refractivity contribution >= 4 is 27.3 Å². The number of tetrazole rings is 1. The van der Waals surface area contributed by atoms with Gasteiger partial charge in [-0.1, -0.05) is 23.4 Å². The summed E-state index contributed by atoms with van der Waals surface area (Å²) >= 11 is 1.53. The molecule has 118 valence electrons. The van der Waals surface area contributed by atoms with Crippen LogP contribution in [0.25, 0.3) is 10.1 Å². The summed E-state index contributed by atoms with van der Waals surface area (Å²) in [5, 5.41) is 15.1. The number of aromatic amines is 1. The van der Waals surface area contributed by atoms with Crippen molar-refractivity contribution in [2.75, 3.05) is 19.8 Å². The van der Waals surface area contributed by atoms with Gasteiger partial charge in [-0.3, -0.25) is 4.79 Å². The minimum Gasteiger partial charge on any atom is -0.377 e. The van der Waals surface area contributed by atoms with Gasteiger partial charge >= 0.3 is 0 Å². The third kappa shape index (κ3) is 2.49. The number of H-pyrrole nitrogens is 1. The maximum Gasteiger partial charge on any atom is 0.264 e. The number of nitrogens with zero attached hydrogens (tertiary/aromatic N) is 4. The summed E-state index contributed by atoms with van der Waals surface area (Å²) in [5.41, 5.74) is 1.18. The number of amides is 1. The number of thiophene rings is 1. The number of carbonyl (C=O) groups excluding carboxylic acids is 1. The van der Waals surface area contributed by atoms with Crippen LogP contribution in [0.2, 0.25) is 0 Å². The second kappa shape index (κ2) is 5.71. The molecule has 1 aliphatic heterocycles. The molecule has 0 bridgehead atoms. The maximum atomic E-state index is 13.0. The van der Waals surface area contributed by atoms with Crippen molar-refractivity contribution in [1.82, 2.24) is 25.5 Å². The molecule has 1 saturated heterocycles. The van der Waals surface area contributed by atoms with Gasteiger partial charge in [0.15, 0.2) is 5.82 Å². The van der Waals surface area contributed by atoms with Gasteiger partial charge in [-0.05, 0) is 23.9 Å². The number of morpholine rings is 1. The van der Waals surface area contributed by atoms with Crippen molar-refractivity contribution in [3.8, 4) is 0 Å². The molecule has 7 nitrogen and oxygen atoms in total. The zero-order valence-electron chi connectivity index (χ0n) is 12.5. The van der Waals surface area contributed by atoms with Crippen molar-refractivity contribution in [2.24, 2.45) is 0 Å². The van der Waals surface area contributed by atoms with E-state index in [-0.39, 0.29) is 11.9 Å². The molecule has 3 heterocycles. The number of carbonyl (C=O) groups is 1. The highest BCUT2D eigenvalue weighted by atomic mass is 32.1. The Bertz CT molecular complexity index is 845. The average molecular weight is 329 g/mol. The largest absolute Gasteiger partial charge is 0.377 e. The van der Waals surface area contributed by atoms with Crippen LogP contribution in [0.3, 0.4) is 0 Å². The molecular weight excluding hydrogens is 314 g/mol. The van der Waals surface area contributed by atoms with Crippen LogP contribution in [0.1, 0.15) is 27.1 Å². The van der Waals surface area contributed by atoms with Gasteiger partial charge in [0.05, 0.1) is 18.1 Å². The van der Waals surface area contributed by atoms with Gasteiger partial charge in [-0.15, -0.1) is 21.5 Å². The van der Waals surface area contributed by atoms with Crippen molar-refractivity contribution in [1.29, 1.82) is 0 Å². The fraction of sp³-hybridized carbons (Fsp3) is 0.333. The molecule has 0 radical (unpaired) electrons. The number of hydrogen-bond acceptors (Lipinski definition) is 6. The van der Waals surface area contributed by atoms with E-state index in [0.717, 1.165) is 15.0 Å². The molecule has 1 aliphatic rings. The molecule has 1 aromatic carbocycles. The number of benzene rings is 1. The first kappa shape index (κ1) is 14.3. The molecule has 0 saturated carbocycles. The first-order valence-corrected chi connectivity index (χ1v) is 8.17. The average Bonchev–Trinajstić information content (AvgIpc) is 3.24. The Balaban J connectivity index is 1.69. The van der Waals surface area contributed by atoms with Crippen molar-refractivity contribution in [3.63, 3.8) is 0 Å². The molecule has 1 fully saturated rings. The predicted octanol–water partition coefficient (Wildman–Crippen LogP) is 1.94. The molecule has 0 spiro atoms. The first-order valence-electron chi connectivity index (χ1n) is 7.35. The topological polar surface area (TPSA) is 84.0 Å². The zero-order valence-corrected chi connectivity index (χ0v) is 13.3. The number of fused-ring (bicyclic) bond motifs is 1. The predicted molar refractivity (Wildman–Crippen MR) is 85.3 cm³/mol. The Morgan fingerprint density at radius 2 is 2.39 bits per heavy atom. The molecule has 1 atom stereocenters. The molecule has 1 amide bonds. The number of hydrogen-bond donors (Lipinski definition) is 1. The smallest absolute Gasteiger partial charge is 0.264 e. The third-order valence-corrected chi connectivity index (χ3v) is 5.28. The third-order valence-electron chi connectivity index (χ3n) is 4.00. The van der Waals surface area contributed by atoms with Crippen LogP contribution in [-0.2, 0) is 4.74 Å². The summed E-state index contributed by atoms with van der Waals surface area (Å²) in [7, 11) is 0. The highest BCUT2D eigenvalue weighted by molar-refractivity contribution is 7.21. The van der Waals surface area contributed by atoms with Crippen molar-refractivity contribution in [3.05, 3.63) is 40.5 Å². The molecule has 0 aliphatic carbocycles. The van der Waals surface area contributed by atoms with E-state index in [1.54, 1.807) is 4.90 Å². The fourth-order valence-corrected chi connectivity index (χ4v) is 3.91. The summed E-state index contributed by atoms with van der Waals surface area (Å²) in [6.07, 6.45) is 0. The van der Waals surface area contributed by atoms with Crippen molar-refractivity contribution < 1.29 is 9.53 Å². The number of aryl methyl sites for hydroxylation is 1. The van der Waals surface area contributed by atoms with Gasteiger partial charge in [-0.25, -0.2) is 0 Å². The van der Waals surface area contributed by atoms with E-state index in [0.29, 0.717) is 25.6 Å². The van der Waals surface area contributed by atoms with Crippen LogP contribution in [0.5, 0.6) is 0 Å². The first-order chi connectivity index (χ1) is 11.2. The van der Waals surface area contributed by atoms with Gasteiger partial charge in [-0.2, -0.15) is 5.21 Å². The van der Waals surface area contributed by atoms with Crippen molar-refractivity contribution in [2.45, 2.75) is 13.0 Å². The standard InChI is InChI=1S/C15H15N5O2S/c1-9-3-2-4-10-7-12(23-13(9)10)15(21)20-5-6-22-8-11(20)14-16-18-19-17-14/h2-4,7,11H,5-6,8H2,1H3,(H,16,17,18,19). The van der Waals surface area contributed by atoms with E-state index in [1.807, 2.05) is 18.2 Å². The number of ether oxygens (including phenoxy) is 1. The Kier molecular flexibility index (Phi) is 3.55. The van der Waals surface area contributed by atoms with Crippen LogP contribution in [0.15, 0.2) is 24.3 Å². The molecule has 3 aromatic rings. The van der Waals surface area contributed by atoms with E-state index in [2.05, 4.69) is 33.6 Å². The maximum absolute atomic E-state index is 13.0. The van der Waals surface area contributed by atoms with Gasteiger partial charge < -0.3 is 9.64 Å². The number of aromatic nitrogens is 4. The van der Waals surface area contributed by atoms with Gasteiger partial charge in [0, 0.05) is 11.2 Å². The minimum atomic E-state index is -0.304. The fourth-order valence-electron chi connectivity index (χ4n) is 2.83. The van der Waals surface area contributed by atoms with Gasteiger partial charge in [0.1, 0.15) is 6.04 Å². The van der Waals surface area contributed by atoms with Crippen LogP contribution < -0.4 is 0 Å². The number of rotatable bonds is 2. The second-order valence-corrected chi connectivity index (χ2v) is 6.52. The molecule has 4 rings (SSSR count). The molecule has 2 aromatic heterocycles. The summed E-state index contributed by atoms with van der Waals surface area (Å²) in [6, 6.07) is 7.75. The Morgan fingerprint density at radius 1 is 1.48 bits per heavy atom. The highest BCUT2D eigenvalue weighted by Crippen LogP contribution is 2.31. The Morgan fingerprint density at radius 3 is 3.17 bits per heavy atom. The summed E-state index contributed by atoms with van der Waals surface area (Å²) in [5.74, 6) is 0.471. The summed E-state index contributed by atoms with van der Waals surface area (Å²) in [6.45, 7) is 3.48. The monoisotopic (exact) mass is 329 g/mol. The lowest BCUT2D eigenvalue weighted by molar-refractivity contribution is -0.00494. The quantitative estimate of drug-likeness (QED) is 0.777. The SMILES string of the molecule is Cc1cccc2cc(C(=O)N3CCOCC3c3nn[nH]n3)sc12. The van der Waals surface area contributed by atoms with E-state index >= 15 is 0 Å². The lowest BCUT2D eigenvalue weighted by Crippen LogP contribution is -2.43. The van der Waals surface area contributed by atoms with E-state index in [9.17, 15) is 4.79 Å². The van der Waals surface area contributed by atoms with Gasteiger partial charge in [0.25, 0.3) is 5.91 Å². The lowest BCUT2D eigenvalue weighted by Gasteiger charge is -2.33. The zero-order chi connectivity index (χ0) is 15.8. The van der Waals surface area contributed by atoms with Crippen LogP contribution in [0.4, 0.5) is 0 Å². The molecule has 23 heavy (non-hydrogen) atoms. The second-order valence-electron chi connectivity index (χ2n) is 5.46. The molecule has 1 N–H and O–H groups in total. The number of nitrogens with one attached hydrogen (secondary N) is 1. The Labute approximate surface area is 136 Å². The van der Waals surface area contributed by atoms with E-state index in [4.69, 9.17) is 4.74 Å². The van der Waals surface area contributed by atoms with Crippen LogP contribution >= 0.6 is 11.3 Å². The van der Waals surface area contributed by atoms with Crippen LogP contribution in [0, 0.1) is 6.92 Å².